The molecule has 2 nitrogen and oxygen atoms in total. The van der Waals surface area contributed by atoms with E-state index in [4.69, 9.17) is 0 Å². The molecule has 0 aromatic carbocycles. The summed E-state index contributed by atoms with van der Waals surface area (Å²) in [5.41, 5.74) is -0.150. The van der Waals surface area contributed by atoms with Gasteiger partial charge in [0.2, 0.25) is 0 Å². The van der Waals surface area contributed by atoms with Gasteiger partial charge in [0.25, 0.3) is 0 Å². The van der Waals surface area contributed by atoms with Crippen molar-refractivity contribution in [3.05, 3.63) is 0 Å². The lowest BCUT2D eigenvalue weighted by Gasteiger charge is -2.31. The van der Waals surface area contributed by atoms with Gasteiger partial charge < -0.3 is 4.79 Å². The first-order chi connectivity index (χ1) is 6.72. The molecule has 1 saturated carbocycles. The Balaban J connectivity index is 2.41. The van der Waals surface area contributed by atoms with Crippen molar-refractivity contribution in [2.75, 3.05) is 0 Å². The standard InChI is InChI=1S/C12H20O2/c1-2-3-4-7-12(10-13)8-5-11(14)6-9-12/h10H,2-9H2,1H3. The first kappa shape index (κ1) is 11.4. The van der Waals surface area contributed by atoms with Crippen LogP contribution >= 0.6 is 0 Å². The monoisotopic (exact) mass is 196 g/mol. The second kappa shape index (κ2) is 5.28. The number of hydrogen-bond donors (Lipinski definition) is 0. The van der Waals surface area contributed by atoms with E-state index < -0.39 is 0 Å². The maximum atomic E-state index is 11.1. The van der Waals surface area contributed by atoms with E-state index in [0.29, 0.717) is 18.6 Å². The van der Waals surface area contributed by atoms with Crippen molar-refractivity contribution in [3.63, 3.8) is 0 Å². The fourth-order valence-corrected chi connectivity index (χ4v) is 2.18. The Kier molecular flexibility index (Phi) is 4.30. The third kappa shape index (κ3) is 2.93. The number of rotatable bonds is 5. The van der Waals surface area contributed by atoms with E-state index in [1.807, 2.05) is 0 Å². The molecule has 0 aromatic rings. The smallest absolute Gasteiger partial charge is 0.132 e. The maximum absolute atomic E-state index is 11.1. The molecule has 80 valence electrons. The minimum absolute atomic E-state index is 0.150. The first-order valence-corrected chi connectivity index (χ1v) is 5.70. The molecule has 0 unspecified atom stereocenters. The highest BCUT2D eigenvalue weighted by Crippen LogP contribution is 2.37. The maximum Gasteiger partial charge on any atom is 0.132 e. The summed E-state index contributed by atoms with van der Waals surface area (Å²) in [6.07, 6.45) is 8.42. The third-order valence-electron chi connectivity index (χ3n) is 3.33. The largest absolute Gasteiger partial charge is 0.303 e. The molecular weight excluding hydrogens is 176 g/mol. The summed E-state index contributed by atoms with van der Waals surface area (Å²) < 4.78 is 0. The summed E-state index contributed by atoms with van der Waals surface area (Å²) in [5.74, 6) is 0.331. The Morgan fingerprint density at radius 1 is 1.29 bits per heavy atom. The first-order valence-electron chi connectivity index (χ1n) is 5.70. The lowest BCUT2D eigenvalue weighted by atomic mass is 9.71. The molecule has 0 heterocycles. The van der Waals surface area contributed by atoms with Crippen molar-refractivity contribution in [2.24, 2.45) is 5.41 Å². The summed E-state index contributed by atoms with van der Waals surface area (Å²) in [7, 11) is 0. The highest BCUT2D eigenvalue weighted by Gasteiger charge is 2.33. The van der Waals surface area contributed by atoms with Gasteiger partial charge in [0.15, 0.2) is 0 Å². The zero-order valence-corrected chi connectivity index (χ0v) is 9.05. The van der Waals surface area contributed by atoms with Crippen LogP contribution in [0.5, 0.6) is 0 Å². The van der Waals surface area contributed by atoms with Gasteiger partial charge >= 0.3 is 0 Å². The number of aldehydes is 1. The van der Waals surface area contributed by atoms with Crippen molar-refractivity contribution >= 4 is 12.1 Å². The number of Topliss-reactive ketones (excluding diaryl/α,β-unsaturated/α-hetero) is 1. The fraction of sp³-hybridized carbons (Fsp3) is 0.833. The second-order valence-corrected chi connectivity index (χ2v) is 4.48. The van der Waals surface area contributed by atoms with Crippen molar-refractivity contribution in [1.82, 2.24) is 0 Å². The van der Waals surface area contributed by atoms with Gasteiger partial charge in [-0.25, -0.2) is 0 Å². The number of ketones is 1. The Morgan fingerprint density at radius 2 is 1.93 bits per heavy atom. The van der Waals surface area contributed by atoms with E-state index in [-0.39, 0.29) is 5.41 Å². The van der Waals surface area contributed by atoms with Crippen molar-refractivity contribution in [3.8, 4) is 0 Å². The van der Waals surface area contributed by atoms with E-state index in [1.54, 1.807) is 0 Å². The molecule has 0 spiro atoms. The van der Waals surface area contributed by atoms with Crippen molar-refractivity contribution in [2.45, 2.75) is 58.3 Å². The molecule has 0 radical (unpaired) electrons. The summed E-state index contributed by atoms with van der Waals surface area (Å²) in [6.45, 7) is 2.16. The Morgan fingerprint density at radius 3 is 2.43 bits per heavy atom. The molecular formula is C12H20O2. The van der Waals surface area contributed by atoms with E-state index in [1.165, 1.54) is 12.8 Å². The van der Waals surface area contributed by atoms with E-state index in [0.717, 1.165) is 32.0 Å². The third-order valence-corrected chi connectivity index (χ3v) is 3.33. The van der Waals surface area contributed by atoms with Gasteiger partial charge in [-0.1, -0.05) is 26.2 Å². The summed E-state index contributed by atoms with van der Waals surface area (Å²) in [6, 6.07) is 0. The van der Waals surface area contributed by atoms with Crippen molar-refractivity contribution in [1.29, 1.82) is 0 Å². The van der Waals surface area contributed by atoms with Gasteiger partial charge in [-0.3, -0.25) is 4.79 Å². The molecule has 1 aliphatic carbocycles. The number of carbonyl (C=O) groups excluding carboxylic acids is 2. The number of unbranched alkanes of at least 4 members (excludes halogenated alkanes) is 2. The highest BCUT2D eigenvalue weighted by molar-refractivity contribution is 5.81. The predicted molar refractivity (Wildman–Crippen MR) is 56.1 cm³/mol. The summed E-state index contributed by atoms with van der Waals surface area (Å²) >= 11 is 0. The van der Waals surface area contributed by atoms with Crippen LogP contribution in [0.4, 0.5) is 0 Å². The lowest BCUT2D eigenvalue weighted by molar-refractivity contribution is -0.126. The van der Waals surface area contributed by atoms with Crippen LogP contribution < -0.4 is 0 Å². The van der Waals surface area contributed by atoms with E-state index in [9.17, 15) is 9.59 Å². The van der Waals surface area contributed by atoms with Crippen LogP contribution in [0.2, 0.25) is 0 Å². The molecule has 0 atom stereocenters. The van der Waals surface area contributed by atoms with Crippen LogP contribution in [0.1, 0.15) is 58.3 Å². The van der Waals surface area contributed by atoms with Crippen LogP contribution in [-0.4, -0.2) is 12.1 Å². The quantitative estimate of drug-likeness (QED) is 0.500. The van der Waals surface area contributed by atoms with Crippen LogP contribution in [0.15, 0.2) is 0 Å². The van der Waals surface area contributed by atoms with Crippen molar-refractivity contribution < 1.29 is 9.59 Å². The van der Waals surface area contributed by atoms with E-state index in [2.05, 4.69) is 6.92 Å². The molecule has 1 rings (SSSR count). The SMILES string of the molecule is CCCCCC1(C=O)CCC(=O)CC1. The lowest BCUT2D eigenvalue weighted by Crippen LogP contribution is -2.29. The molecule has 0 bridgehead atoms. The molecule has 14 heavy (non-hydrogen) atoms. The minimum Gasteiger partial charge on any atom is -0.303 e. The summed E-state index contributed by atoms with van der Waals surface area (Å²) in [4.78, 5) is 22.2. The highest BCUT2D eigenvalue weighted by atomic mass is 16.1. The van der Waals surface area contributed by atoms with Gasteiger partial charge in [-0.15, -0.1) is 0 Å². The van der Waals surface area contributed by atoms with Crippen LogP contribution in [0, 0.1) is 5.41 Å². The molecule has 1 aliphatic rings. The number of hydrogen-bond acceptors (Lipinski definition) is 2. The Hall–Kier alpha value is -0.660. The normalized spacial score (nSPS) is 20.8. The van der Waals surface area contributed by atoms with Gasteiger partial charge in [0.05, 0.1) is 0 Å². The van der Waals surface area contributed by atoms with Gasteiger partial charge in [-0.2, -0.15) is 0 Å². The molecule has 0 N–H and O–H groups in total. The molecule has 0 saturated heterocycles. The molecule has 1 fully saturated rings. The molecule has 0 aliphatic heterocycles. The molecule has 0 aromatic heterocycles. The Labute approximate surface area is 86.1 Å². The van der Waals surface area contributed by atoms with Crippen LogP contribution in [0.3, 0.4) is 0 Å². The number of carbonyl (C=O) groups is 2. The van der Waals surface area contributed by atoms with Crippen LogP contribution in [-0.2, 0) is 9.59 Å². The summed E-state index contributed by atoms with van der Waals surface area (Å²) in [5, 5.41) is 0. The average molecular weight is 196 g/mol. The minimum atomic E-state index is -0.150. The zero-order valence-electron chi connectivity index (χ0n) is 9.05. The second-order valence-electron chi connectivity index (χ2n) is 4.48. The molecule has 0 amide bonds. The topological polar surface area (TPSA) is 34.1 Å². The fourth-order valence-electron chi connectivity index (χ4n) is 2.18. The predicted octanol–water partition coefficient (Wildman–Crippen LogP) is 2.90. The van der Waals surface area contributed by atoms with E-state index >= 15 is 0 Å². The molecule has 2 heteroatoms. The van der Waals surface area contributed by atoms with Gasteiger partial charge in [-0.05, 0) is 19.3 Å². The Bertz CT molecular complexity index is 198. The average Bonchev–Trinajstić information content (AvgIpc) is 2.22. The van der Waals surface area contributed by atoms with Gasteiger partial charge in [0, 0.05) is 18.3 Å². The zero-order chi connectivity index (χ0) is 10.4. The van der Waals surface area contributed by atoms with Gasteiger partial charge in [0.1, 0.15) is 12.1 Å². The van der Waals surface area contributed by atoms with Crippen LogP contribution in [0.25, 0.3) is 0 Å².